The van der Waals surface area contributed by atoms with E-state index >= 15 is 0 Å². The molecule has 0 saturated heterocycles. The summed E-state index contributed by atoms with van der Waals surface area (Å²) in [5, 5.41) is 17.4. The van der Waals surface area contributed by atoms with Gasteiger partial charge in [-0.05, 0) is 157 Å². The fraction of sp³-hybridized carbons (Fsp3) is 0.231. The van der Waals surface area contributed by atoms with Gasteiger partial charge >= 0.3 is 0 Å². The normalized spacial score (nSPS) is 14.7. The number of rotatable bonds is 26. The number of ketones is 1. The zero-order valence-corrected chi connectivity index (χ0v) is 72.3. The highest BCUT2D eigenvalue weighted by Gasteiger charge is 2.26. The van der Waals surface area contributed by atoms with Crippen LogP contribution in [0.5, 0.6) is 0 Å². The molecule has 6 aromatic carbocycles. The Balaban J connectivity index is 0.000000207. The number of para-hydroxylation sites is 1. The number of nitrogens with one attached hydrogen (secondary N) is 7. The molecule has 0 atom stereocenters. The van der Waals surface area contributed by atoms with E-state index in [1.165, 1.54) is 57.2 Å². The summed E-state index contributed by atoms with van der Waals surface area (Å²) in [6.07, 6.45) is 20.1. The number of hydrogen-bond acceptors (Lipinski definition) is 19. The third kappa shape index (κ3) is 31.2. The van der Waals surface area contributed by atoms with Crippen molar-refractivity contribution in [1.29, 1.82) is 0 Å². The first-order chi connectivity index (χ1) is 59.9. The lowest BCUT2D eigenvalue weighted by Gasteiger charge is -2.23. The van der Waals surface area contributed by atoms with E-state index in [0.29, 0.717) is 140 Å². The summed E-state index contributed by atoms with van der Waals surface area (Å²) in [7, 11) is -1.77. The lowest BCUT2D eigenvalue weighted by Crippen LogP contribution is -2.39. The molecule has 0 spiro atoms. The SMILES string of the molecule is C=C1C=CN(CCNC(=O)c2c(N)cccc2F)C(=O)C1.C=C1C=CN(CCNC(=O)c2cc(C)ccc2N)C(=O)C1.C=C1C=CN(CCNC(=O)c2cc(Cl)ccc2N)C(=O)C1.C=C1C=CN(CCNC(=O)c2ccc(Cl)cc2N)C(=O)C1.C=C1C=CN(CCNS(=O)(=O)c2ccccc2)C(=O)C1.CNc1ccccc1C(=O)NCCN1C=C(C)C(=O)CC1=O. The number of sulfonamides is 1. The number of nitrogen functional groups attached to an aromatic ring is 4. The van der Waals surface area contributed by atoms with Gasteiger partial charge in [0.2, 0.25) is 45.5 Å². The van der Waals surface area contributed by atoms with E-state index in [2.05, 4.69) is 69.5 Å². The van der Waals surface area contributed by atoms with Crippen LogP contribution < -0.4 is 59.6 Å². The van der Waals surface area contributed by atoms with Crippen LogP contribution in [0.15, 0.2) is 266 Å². The molecule has 0 radical (unpaired) electrons. The largest absolute Gasteiger partial charge is 0.398 e. The van der Waals surface area contributed by atoms with Crippen LogP contribution in [0.4, 0.5) is 32.8 Å². The molecule has 31 nitrogen and oxygen atoms in total. The molecular weight excluding hydrogens is 1680 g/mol. The Morgan fingerprint density at radius 2 is 0.770 bits per heavy atom. The van der Waals surface area contributed by atoms with Gasteiger partial charge in [-0.2, -0.15) is 0 Å². The summed E-state index contributed by atoms with van der Waals surface area (Å²) in [4.78, 5) is 151. The fourth-order valence-electron chi connectivity index (χ4n) is 12.0. The van der Waals surface area contributed by atoms with E-state index in [4.69, 9.17) is 46.1 Å². The number of allylic oxidation sites excluding steroid dienone is 6. The van der Waals surface area contributed by atoms with E-state index < -0.39 is 21.7 Å². The molecule has 12 rings (SSSR count). The Bertz CT molecular complexity index is 5370. The van der Waals surface area contributed by atoms with Gasteiger partial charge in [-0.1, -0.05) is 104 Å². The Morgan fingerprint density at radius 1 is 0.397 bits per heavy atom. The summed E-state index contributed by atoms with van der Waals surface area (Å²) in [6.45, 7) is 26.1. The summed E-state index contributed by atoms with van der Waals surface area (Å²) in [5.74, 6) is -2.89. The van der Waals surface area contributed by atoms with E-state index in [1.54, 1.807) is 157 Å². The van der Waals surface area contributed by atoms with Crippen LogP contribution in [-0.2, 0) is 43.6 Å². The molecule has 6 aliphatic heterocycles. The third-order valence-electron chi connectivity index (χ3n) is 18.9. The number of amides is 11. The first-order valence-corrected chi connectivity index (χ1v) is 41.7. The lowest BCUT2D eigenvalue weighted by atomic mass is 10.1. The standard InChI is InChI=1S/C16H19N3O3.C16H19N3O2.2C15H16ClN3O2.C15H16FN3O2.C14H16N2O3S/c1-11-10-19(15(21)9-14(11)20)8-7-18-16(22)12-5-3-4-6-13(12)17-2;1-11-3-4-14(17)13(9-11)16(21)18-6-8-19-7-5-12(2)10-15(19)20;1-10-4-6-19(14(20)8-10)7-5-18-15(21)12-9-11(16)2-3-13(12)17;1-10-4-6-19(14(20)8-10)7-5-18-15(21)12-3-2-11(16)9-13(12)17;1-10-5-7-19(13(20)9-10)8-6-18-15(21)14-11(16)3-2-4-12(14)17;1-12-7-9-16(14(17)11-12)10-8-15-20(18,19)13-5-3-2-4-6-13/h3-6,10,17H,7-9H2,1-2H3,(H,18,22);3-5,7,9H,2,6,8,10,17H2,1H3,(H,18,21);2*2-4,6,9H,1,5,7-8,17H2,(H,18,21);2-5,7H,1,6,8-9,17H2,(H,18,21);2-7,9,15H,1,8,10-11H2. The number of aryl methyl sites for hydroxylation is 1. The van der Waals surface area contributed by atoms with E-state index in [9.17, 15) is 70.3 Å². The molecule has 0 aliphatic carbocycles. The Hall–Kier alpha value is -14.3. The molecule has 6 aliphatic rings. The number of nitrogens with two attached hydrogens (primary N) is 4. The molecular formula is C91H102Cl2FN17O14S. The molecule has 6 aromatic rings. The van der Waals surface area contributed by atoms with Crippen molar-refractivity contribution in [2.45, 2.75) is 57.3 Å². The molecule has 0 fully saturated rings. The Labute approximate surface area is 740 Å². The van der Waals surface area contributed by atoms with Gasteiger partial charge in [-0.3, -0.25) is 57.5 Å². The monoisotopic (exact) mass is 1780 g/mol. The van der Waals surface area contributed by atoms with Crippen LogP contribution in [0.25, 0.3) is 0 Å². The first-order valence-electron chi connectivity index (χ1n) is 39.4. The Morgan fingerprint density at radius 3 is 1.21 bits per heavy atom. The first kappa shape index (κ1) is 98.8. The minimum Gasteiger partial charge on any atom is -0.398 e. The number of benzene rings is 6. The van der Waals surface area contributed by atoms with Crippen molar-refractivity contribution in [3.05, 3.63) is 311 Å². The van der Waals surface area contributed by atoms with Crippen LogP contribution in [0.2, 0.25) is 10.0 Å². The third-order valence-corrected chi connectivity index (χ3v) is 20.9. The minimum absolute atomic E-state index is 0.00758. The maximum atomic E-state index is 13.6. The Kier molecular flexibility index (Phi) is 38.1. The second-order valence-corrected chi connectivity index (χ2v) is 31.4. The number of halogens is 3. The van der Waals surface area contributed by atoms with Gasteiger partial charge < -0.3 is 84.2 Å². The number of Topliss-reactive ketones (excluding diaryl/α,β-unsaturated/α-hetero) is 1. The molecule has 6 heterocycles. The van der Waals surface area contributed by atoms with Gasteiger partial charge in [-0.25, -0.2) is 17.5 Å². The molecule has 126 heavy (non-hydrogen) atoms. The predicted molar refractivity (Wildman–Crippen MR) is 486 cm³/mol. The van der Waals surface area contributed by atoms with Gasteiger partial charge in [0.05, 0.1) is 71.2 Å². The molecule has 11 amide bonds. The van der Waals surface area contributed by atoms with Crippen molar-refractivity contribution >= 4 is 132 Å². The number of hydrogen-bond donors (Lipinski definition) is 11. The van der Waals surface area contributed by atoms with Crippen molar-refractivity contribution in [3.63, 3.8) is 0 Å². The highest BCUT2D eigenvalue weighted by molar-refractivity contribution is 7.89. The number of anilines is 5. The number of carbonyl (C=O) groups excluding carboxylic acids is 12. The molecule has 0 saturated carbocycles. The number of carbonyl (C=O) groups is 12. The van der Waals surface area contributed by atoms with Crippen LogP contribution >= 0.6 is 23.2 Å². The second-order valence-electron chi connectivity index (χ2n) is 28.7. The molecule has 15 N–H and O–H groups in total. The second kappa shape index (κ2) is 48.5. The number of nitrogens with zero attached hydrogens (tertiary/aromatic N) is 6. The van der Waals surface area contributed by atoms with Gasteiger partial charge in [0.25, 0.3) is 29.5 Å². The van der Waals surface area contributed by atoms with Crippen LogP contribution in [0.3, 0.4) is 0 Å². The summed E-state index contributed by atoms with van der Waals surface area (Å²) in [6, 6.07) is 34.1. The average molecular weight is 1780 g/mol. The molecule has 0 unspecified atom stereocenters. The topological polar surface area (TPSA) is 447 Å². The maximum absolute atomic E-state index is 13.6. The van der Waals surface area contributed by atoms with Crippen molar-refractivity contribution in [3.8, 4) is 0 Å². The molecule has 0 bridgehead atoms. The molecule has 35 heteroatoms. The average Bonchev–Trinajstić information content (AvgIpc) is 0.865. The van der Waals surface area contributed by atoms with Gasteiger partial charge in [0.1, 0.15) is 5.82 Å². The van der Waals surface area contributed by atoms with Gasteiger partial charge in [-0.15, -0.1) is 0 Å². The van der Waals surface area contributed by atoms with E-state index in [-0.39, 0.29) is 113 Å². The fourth-order valence-corrected chi connectivity index (χ4v) is 13.4. The smallest absolute Gasteiger partial charge is 0.256 e. The van der Waals surface area contributed by atoms with Crippen LogP contribution in [-0.4, -0.2) is 194 Å². The lowest BCUT2D eigenvalue weighted by molar-refractivity contribution is -0.134. The van der Waals surface area contributed by atoms with Crippen molar-refractivity contribution in [1.82, 2.24) is 60.7 Å². The molecule has 0 aromatic heterocycles. The van der Waals surface area contributed by atoms with E-state index in [0.717, 1.165) is 39.1 Å². The van der Waals surface area contributed by atoms with Crippen LogP contribution in [0.1, 0.15) is 103 Å². The van der Waals surface area contributed by atoms with E-state index in [1.807, 2.05) is 31.2 Å². The summed E-state index contributed by atoms with van der Waals surface area (Å²) >= 11 is 11.6. The minimum atomic E-state index is -3.52. The quantitative estimate of drug-likeness (QED) is 0.0178. The van der Waals surface area contributed by atoms with Gasteiger partial charge in [0.15, 0.2) is 5.78 Å². The van der Waals surface area contributed by atoms with Crippen molar-refractivity contribution in [2.75, 3.05) is 114 Å². The van der Waals surface area contributed by atoms with Gasteiger partial charge in [0, 0.05) is 167 Å². The highest BCUT2D eigenvalue weighted by Crippen LogP contribution is 2.24. The zero-order valence-electron chi connectivity index (χ0n) is 70.0. The van der Waals surface area contributed by atoms with Crippen molar-refractivity contribution < 1.29 is 70.3 Å². The molecule has 662 valence electrons. The maximum Gasteiger partial charge on any atom is 0.256 e. The zero-order chi connectivity index (χ0) is 92.3. The summed E-state index contributed by atoms with van der Waals surface area (Å²) in [5.41, 5.74) is 31.8. The highest BCUT2D eigenvalue weighted by atomic mass is 35.5. The van der Waals surface area contributed by atoms with Crippen molar-refractivity contribution in [2.24, 2.45) is 0 Å². The predicted octanol–water partition coefficient (Wildman–Crippen LogP) is 9.39. The van der Waals surface area contributed by atoms with Crippen LogP contribution in [0, 0.1) is 12.7 Å². The summed E-state index contributed by atoms with van der Waals surface area (Å²) < 4.78 is 40.0.